The second kappa shape index (κ2) is 4.35. The van der Waals surface area contributed by atoms with Gasteiger partial charge in [0.15, 0.2) is 0 Å². The summed E-state index contributed by atoms with van der Waals surface area (Å²) < 4.78 is 5.18. The molecule has 0 unspecified atom stereocenters. The van der Waals surface area contributed by atoms with Crippen LogP contribution < -0.4 is 4.74 Å². The lowest BCUT2D eigenvalue weighted by Crippen LogP contribution is -1.93. The van der Waals surface area contributed by atoms with Crippen LogP contribution in [-0.4, -0.2) is 16.8 Å². The first-order valence-corrected chi connectivity index (χ1v) is 4.31. The van der Waals surface area contributed by atoms with Gasteiger partial charge in [0.1, 0.15) is 11.5 Å². The van der Waals surface area contributed by atoms with Gasteiger partial charge in [-0.3, -0.25) is 0 Å². The highest BCUT2D eigenvalue weighted by Gasteiger charge is 2.07. The molecule has 0 bridgehead atoms. The number of phenols is 1. The van der Waals surface area contributed by atoms with Gasteiger partial charge in [0.25, 0.3) is 0 Å². The zero-order chi connectivity index (χ0) is 9.84. The normalized spacial score (nSPS) is 10.1. The zero-order valence-electron chi connectivity index (χ0n) is 7.25. The van der Waals surface area contributed by atoms with Crippen molar-refractivity contribution in [3.05, 3.63) is 22.7 Å². The molecule has 1 aromatic carbocycles. The van der Waals surface area contributed by atoms with Gasteiger partial charge < -0.3 is 14.9 Å². The molecule has 0 saturated heterocycles. The predicted molar refractivity (Wildman–Crippen MR) is 50.2 cm³/mol. The Balaban J connectivity index is 3.06. The van der Waals surface area contributed by atoms with E-state index in [2.05, 4.69) is 0 Å². The summed E-state index contributed by atoms with van der Waals surface area (Å²) in [7, 11) is 0. The van der Waals surface area contributed by atoms with Gasteiger partial charge in [0, 0.05) is 11.6 Å². The maximum Gasteiger partial charge on any atom is 0.139 e. The number of aromatic hydroxyl groups is 1. The van der Waals surface area contributed by atoms with Crippen molar-refractivity contribution in [2.45, 2.75) is 13.5 Å². The number of hydrogen-bond donors (Lipinski definition) is 2. The van der Waals surface area contributed by atoms with E-state index in [1.54, 1.807) is 6.07 Å². The minimum atomic E-state index is -0.257. The van der Waals surface area contributed by atoms with Crippen LogP contribution in [0.5, 0.6) is 11.5 Å². The summed E-state index contributed by atoms with van der Waals surface area (Å²) in [5.74, 6) is 0.460. The molecule has 0 aliphatic carbocycles. The van der Waals surface area contributed by atoms with E-state index in [0.29, 0.717) is 17.9 Å². The van der Waals surface area contributed by atoms with Gasteiger partial charge in [-0.05, 0) is 13.0 Å². The fourth-order valence-corrected chi connectivity index (χ4v) is 1.23. The molecule has 0 aliphatic heterocycles. The van der Waals surface area contributed by atoms with Gasteiger partial charge >= 0.3 is 0 Å². The molecule has 0 fully saturated rings. The minimum Gasteiger partial charge on any atom is -0.506 e. The Hall–Kier alpha value is -0.930. The zero-order valence-corrected chi connectivity index (χ0v) is 8.01. The molecule has 13 heavy (non-hydrogen) atoms. The van der Waals surface area contributed by atoms with Crippen LogP contribution in [0.3, 0.4) is 0 Å². The lowest BCUT2D eigenvalue weighted by atomic mass is 10.2. The maximum absolute atomic E-state index is 9.34. The van der Waals surface area contributed by atoms with Gasteiger partial charge in [0.2, 0.25) is 0 Å². The summed E-state index contributed by atoms with van der Waals surface area (Å²) >= 11 is 5.69. The van der Waals surface area contributed by atoms with Gasteiger partial charge in [-0.25, -0.2) is 0 Å². The quantitative estimate of drug-likeness (QED) is 0.788. The van der Waals surface area contributed by atoms with Crippen molar-refractivity contribution in [1.29, 1.82) is 0 Å². The highest BCUT2D eigenvalue weighted by atomic mass is 35.5. The number of aliphatic hydroxyl groups excluding tert-OH is 1. The summed E-state index contributed by atoms with van der Waals surface area (Å²) in [6.07, 6.45) is 0. The van der Waals surface area contributed by atoms with Gasteiger partial charge in [-0.1, -0.05) is 11.6 Å². The van der Waals surface area contributed by atoms with Gasteiger partial charge in [0.05, 0.1) is 18.2 Å². The van der Waals surface area contributed by atoms with Crippen molar-refractivity contribution in [2.75, 3.05) is 6.61 Å². The highest BCUT2D eigenvalue weighted by molar-refractivity contribution is 6.32. The number of halogens is 1. The number of aliphatic hydroxyl groups is 1. The number of hydrogen-bond acceptors (Lipinski definition) is 3. The molecule has 0 aromatic heterocycles. The van der Waals surface area contributed by atoms with Gasteiger partial charge in [-0.15, -0.1) is 0 Å². The van der Waals surface area contributed by atoms with E-state index in [0.717, 1.165) is 0 Å². The van der Waals surface area contributed by atoms with Crippen LogP contribution >= 0.6 is 11.6 Å². The molecule has 3 nitrogen and oxygen atoms in total. The average molecular weight is 203 g/mol. The second-order valence-corrected chi connectivity index (χ2v) is 2.91. The third-order valence-electron chi connectivity index (χ3n) is 1.60. The van der Waals surface area contributed by atoms with Crippen LogP contribution in [0, 0.1) is 0 Å². The van der Waals surface area contributed by atoms with Crippen LogP contribution in [-0.2, 0) is 6.61 Å². The smallest absolute Gasteiger partial charge is 0.139 e. The average Bonchev–Trinajstić information content (AvgIpc) is 2.11. The summed E-state index contributed by atoms with van der Waals surface area (Å²) in [6.45, 7) is 2.11. The monoisotopic (exact) mass is 202 g/mol. The van der Waals surface area contributed by atoms with Crippen LogP contribution in [0.2, 0.25) is 5.02 Å². The van der Waals surface area contributed by atoms with Crippen LogP contribution in [0.25, 0.3) is 0 Å². The number of rotatable bonds is 3. The van der Waals surface area contributed by atoms with Crippen molar-refractivity contribution >= 4 is 11.6 Å². The molecule has 4 heteroatoms. The molecule has 0 radical (unpaired) electrons. The third-order valence-corrected chi connectivity index (χ3v) is 1.89. The molecule has 1 rings (SSSR count). The maximum atomic E-state index is 9.34. The van der Waals surface area contributed by atoms with E-state index in [-0.39, 0.29) is 17.4 Å². The molecule has 1 aromatic rings. The standard InChI is InChI=1S/C9H11ClO3/c1-2-13-7-3-6(5-11)9(12)8(10)4-7/h3-4,11-12H,2,5H2,1H3. The lowest BCUT2D eigenvalue weighted by Gasteiger charge is -2.08. The molecule has 0 amide bonds. The first-order valence-electron chi connectivity index (χ1n) is 3.94. The largest absolute Gasteiger partial charge is 0.506 e. The molecule has 0 heterocycles. The van der Waals surface area contributed by atoms with Crippen LogP contribution in [0.15, 0.2) is 12.1 Å². The Kier molecular flexibility index (Phi) is 3.39. The lowest BCUT2D eigenvalue weighted by molar-refractivity contribution is 0.273. The fourth-order valence-electron chi connectivity index (χ4n) is 0.999. The van der Waals surface area contributed by atoms with E-state index < -0.39 is 0 Å². The third kappa shape index (κ3) is 2.26. The first-order chi connectivity index (χ1) is 6.19. The number of benzene rings is 1. The summed E-state index contributed by atoms with van der Waals surface area (Å²) in [5, 5.41) is 18.4. The molecule has 0 atom stereocenters. The van der Waals surface area contributed by atoms with Crippen molar-refractivity contribution in [3.63, 3.8) is 0 Å². The van der Waals surface area contributed by atoms with Crippen molar-refractivity contribution in [1.82, 2.24) is 0 Å². The Morgan fingerprint density at radius 3 is 2.69 bits per heavy atom. The predicted octanol–water partition coefficient (Wildman–Crippen LogP) is 1.94. The fraction of sp³-hybridized carbons (Fsp3) is 0.333. The van der Waals surface area contributed by atoms with Crippen LogP contribution in [0.4, 0.5) is 0 Å². The molecular formula is C9H11ClO3. The van der Waals surface area contributed by atoms with Gasteiger partial charge in [-0.2, -0.15) is 0 Å². The minimum absolute atomic E-state index is 0.0902. The van der Waals surface area contributed by atoms with E-state index in [4.69, 9.17) is 21.4 Å². The molecule has 0 saturated carbocycles. The first kappa shape index (κ1) is 10.2. The molecule has 0 aliphatic rings. The van der Waals surface area contributed by atoms with E-state index >= 15 is 0 Å². The molecular weight excluding hydrogens is 192 g/mol. The second-order valence-electron chi connectivity index (χ2n) is 2.50. The summed E-state index contributed by atoms with van der Waals surface area (Å²) in [6, 6.07) is 3.07. The molecule has 2 N–H and O–H groups in total. The Bertz CT molecular complexity index is 299. The number of ether oxygens (including phenoxy) is 1. The van der Waals surface area contributed by atoms with Crippen molar-refractivity contribution in [2.24, 2.45) is 0 Å². The van der Waals surface area contributed by atoms with E-state index in [1.807, 2.05) is 6.92 Å². The summed E-state index contributed by atoms with van der Waals surface area (Å²) in [4.78, 5) is 0. The highest BCUT2D eigenvalue weighted by Crippen LogP contribution is 2.32. The molecule has 72 valence electrons. The van der Waals surface area contributed by atoms with Crippen LogP contribution in [0.1, 0.15) is 12.5 Å². The Morgan fingerprint density at radius 1 is 1.46 bits per heavy atom. The van der Waals surface area contributed by atoms with E-state index in [9.17, 15) is 5.11 Å². The topological polar surface area (TPSA) is 49.7 Å². The SMILES string of the molecule is CCOc1cc(Cl)c(O)c(CO)c1. The van der Waals surface area contributed by atoms with Crippen molar-refractivity contribution < 1.29 is 14.9 Å². The van der Waals surface area contributed by atoms with Crippen molar-refractivity contribution in [3.8, 4) is 11.5 Å². The Morgan fingerprint density at radius 2 is 2.15 bits per heavy atom. The molecule has 0 spiro atoms. The summed E-state index contributed by atoms with van der Waals surface area (Å²) in [5.41, 5.74) is 0.371. The van der Waals surface area contributed by atoms with E-state index in [1.165, 1.54) is 6.07 Å². The Labute approximate surface area is 81.5 Å².